The monoisotopic (exact) mass is 294 g/mol. The van der Waals surface area contributed by atoms with Crippen LogP contribution in [0.5, 0.6) is 11.5 Å². The molecule has 0 N–H and O–H groups in total. The molecule has 110 valence electrons. The zero-order valence-corrected chi connectivity index (χ0v) is 12.3. The number of ketones is 1. The predicted molar refractivity (Wildman–Crippen MR) is 81.2 cm³/mol. The number of hydrogen-bond acceptors (Lipinski definition) is 4. The lowest BCUT2D eigenvalue weighted by molar-refractivity contribution is 0.0734. The molecule has 0 fully saturated rings. The molecule has 0 bridgehead atoms. The molecule has 0 spiro atoms. The second-order valence-corrected chi connectivity index (χ2v) is 5.17. The Morgan fingerprint density at radius 3 is 2.45 bits per heavy atom. The van der Waals surface area contributed by atoms with Crippen molar-refractivity contribution in [3.63, 3.8) is 0 Å². The number of esters is 1. The van der Waals surface area contributed by atoms with Gasteiger partial charge in [0.05, 0.1) is 11.1 Å². The van der Waals surface area contributed by atoms with Gasteiger partial charge in [-0.05, 0) is 43.7 Å². The topological polar surface area (TPSA) is 52.6 Å². The van der Waals surface area contributed by atoms with Crippen LogP contribution in [-0.2, 0) is 0 Å². The van der Waals surface area contributed by atoms with E-state index >= 15 is 0 Å². The molecule has 0 aromatic heterocycles. The van der Waals surface area contributed by atoms with Crippen LogP contribution in [-0.4, -0.2) is 11.8 Å². The Hall–Kier alpha value is -2.88. The largest absolute Gasteiger partial charge is 0.452 e. The molecule has 3 rings (SSSR count). The van der Waals surface area contributed by atoms with Crippen molar-refractivity contribution in [2.75, 3.05) is 0 Å². The Kier molecular flexibility index (Phi) is 3.51. The first-order chi connectivity index (χ1) is 10.6. The van der Waals surface area contributed by atoms with E-state index in [1.165, 1.54) is 0 Å². The van der Waals surface area contributed by atoms with E-state index in [0.717, 1.165) is 5.57 Å². The van der Waals surface area contributed by atoms with Gasteiger partial charge in [-0.1, -0.05) is 18.2 Å². The summed E-state index contributed by atoms with van der Waals surface area (Å²) in [6, 6.07) is 13.5. The number of benzene rings is 2. The zero-order valence-electron chi connectivity index (χ0n) is 12.3. The SMILES string of the molecule is CC(C)=C1Oc2cc(OC(=O)c3ccccc3)ccc2C1=O. The van der Waals surface area contributed by atoms with Crippen LogP contribution in [0.1, 0.15) is 34.6 Å². The lowest BCUT2D eigenvalue weighted by Gasteiger charge is -2.05. The molecule has 4 nitrogen and oxygen atoms in total. The fraction of sp³-hybridized carbons (Fsp3) is 0.111. The lowest BCUT2D eigenvalue weighted by Crippen LogP contribution is -2.08. The smallest absolute Gasteiger partial charge is 0.343 e. The van der Waals surface area contributed by atoms with E-state index in [0.29, 0.717) is 28.4 Å². The number of carbonyl (C=O) groups excluding carboxylic acids is 2. The first-order valence-electron chi connectivity index (χ1n) is 6.87. The van der Waals surface area contributed by atoms with Crippen molar-refractivity contribution in [3.05, 3.63) is 71.0 Å². The van der Waals surface area contributed by atoms with Gasteiger partial charge in [0.25, 0.3) is 0 Å². The molecule has 0 radical (unpaired) electrons. The molecule has 0 saturated heterocycles. The second kappa shape index (κ2) is 5.48. The van der Waals surface area contributed by atoms with E-state index < -0.39 is 5.97 Å². The summed E-state index contributed by atoms with van der Waals surface area (Å²) in [6.07, 6.45) is 0. The number of fused-ring (bicyclic) bond motifs is 1. The Balaban J connectivity index is 1.85. The molecule has 2 aromatic carbocycles. The maximum Gasteiger partial charge on any atom is 0.343 e. The van der Waals surface area contributed by atoms with E-state index in [9.17, 15) is 9.59 Å². The molecule has 0 atom stereocenters. The van der Waals surface area contributed by atoms with Crippen molar-refractivity contribution < 1.29 is 19.1 Å². The van der Waals surface area contributed by atoms with Crippen molar-refractivity contribution in [3.8, 4) is 11.5 Å². The zero-order chi connectivity index (χ0) is 15.7. The summed E-state index contributed by atoms with van der Waals surface area (Å²) in [5.74, 6) is 0.500. The van der Waals surface area contributed by atoms with Crippen LogP contribution in [0.4, 0.5) is 0 Å². The van der Waals surface area contributed by atoms with E-state index in [-0.39, 0.29) is 5.78 Å². The Bertz CT molecular complexity index is 784. The van der Waals surface area contributed by atoms with Gasteiger partial charge in [-0.15, -0.1) is 0 Å². The third-order valence-corrected chi connectivity index (χ3v) is 3.29. The van der Waals surface area contributed by atoms with Crippen molar-refractivity contribution >= 4 is 11.8 Å². The maximum atomic E-state index is 12.1. The summed E-state index contributed by atoms with van der Waals surface area (Å²) in [6.45, 7) is 3.63. The van der Waals surface area contributed by atoms with Gasteiger partial charge in [-0.2, -0.15) is 0 Å². The number of Topliss-reactive ketones (excluding diaryl/α,β-unsaturated/α-hetero) is 1. The fourth-order valence-corrected chi connectivity index (χ4v) is 2.19. The summed E-state index contributed by atoms with van der Waals surface area (Å²) in [7, 11) is 0. The highest BCUT2D eigenvalue weighted by atomic mass is 16.5. The van der Waals surface area contributed by atoms with Gasteiger partial charge in [0.2, 0.25) is 5.78 Å². The van der Waals surface area contributed by atoms with Crippen LogP contribution in [0.2, 0.25) is 0 Å². The van der Waals surface area contributed by atoms with Gasteiger partial charge in [0, 0.05) is 6.07 Å². The summed E-state index contributed by atoms with van der Waals surface area (Å²) in [5, 5.41) is 0. The highest BCUT2D eigenvalue weighted by Gasteiger charge is 2.28. The normalized spacial score (nSPS) is 12.6. The first kappa shape index (κ1) is 14.1. The van der Waals surface area contributed by atoms with Crippen molar-refractivity contribution in [2.24, 2.45) is 0 Å². The van der Waals surface area contributed by atoms with Gasteiger partial charge >= 0.3 is 5.97 Å². The van der Waals surface area contributed by atoms with E-state index in [1.807, 2.05) is 19.9 Å². The minimum absolute atomic E-state index is 0.143. The predicted octanol–water partition coefficient (Wildman–Crippen LogP) is 3.77. The highest BCUT2D eigenvalue weighted by molar-refractivity contribution is 6.12. The Morgan fingerprint density at radius 2 is 1.77 bits per heavy atom. The quantitative estimate of drug-likeness (QED) is 0.480. The van der Waals surface area contributed by atoms with E-state index in [4.69, 9.17) is 9.47 Å². The molecule has 1 aliphatic rings. The molecule has 22 heavy (non-hydrogen) atoms. The molecule has 4 heteroatoms. The molecule has 0 saturated carbocycles. The van der Waals surface area contributed by atoms with Crippen LogP contribution in [0.25, 0.3) is 0 Å². The van der Waals surface area contributed by atoms with Gasteiger partial charge in [-0.3, -0.25) is 4.79 Å². The van der Waals surface area contributed by atoms with Crippen LogP contribution in [0.3, 0.4) is 0 Å². The number of allylic oxidation sites excluding steroid dienone is 2. The van der Waals surface area contributed by atoms with E-state index in [1.54, 1.807) is 42.5 Å². The molecule has 1 aliphatic heterocycles. The minimum atomic E-state index is -0.452. The van der Waals surface area contributed by atoms with Crippen LogP contribution in [0.15, 0.2) is 59.9 Å². The van der Waals surface area contributed by atoms with Crippen molar-refractivity contribution in [1.82, 2.24) is 0 Å². The molecule has 0 unspecified atom stereocenters. The Labute approximate surface area is 128 Å². The average Bonchev–Trinajstić information content (AvgIpc) is 2.85. The molecule has 2 aromatic rings. The molecule has 1 heterocycles. The Morgan fingerprint density at radius 1 is 1.05 bits per heavy atom. The summed E-state index contributed by atoms with van der Waals surface area (Å²) in [4.78, 5) is 24.1. The number of rotatable bonds is 2. The summed E-state index contributed by atoms with van der Waals surface area (Å²) in [5.41, 5.74) is 1.75. The number of carbonyl (C=O) groups is 2. The van der Waals surface area contributed by atoms with E-state index in [2.05, 4.69) is 0 Å². The first-order valence-corrected chi connectivity index (χ1v) is 6.87. The lowest BCUT2D eigenvalue weighted by atomic mass is 10.1. The number of ether oxygens (including phenoxy) is 2. The molecule has 0 amide bonds. The van der Waals surface area contributed by atoms with Gasteiger partial charge in [0.1, 0.15) is 11.5 Å². The second-order valence-electron chi connectivity index (χ2n) is 5.17. The van der Waals surface area contributed by atoms with Crippen LogP contribution < -0.4 is 9.47 Å². The standard InChI is InChI=1S/C18H14O4/c1-11(2)17-16(19)14-9-8-13(10-15(14)22-17)21-18(20)12-6-4-3-5-7-12/h3-10H,1-2H3. The van der Waals surface area contributed by atoms with Crippen LogP contribution in [0, 0.1) is 0 Å². The van der Waals surface area contributed by atoms with Crippen molar-refractivity contribution in [2.45, 2.75) is 13.8 Å². The van der Waals surface area contributed by atoms with Gasteiger partial charge in [0.15, 0.2) is 5.76 Å². The molecule has 0 aliphatic carbocycles. The molecular formula is C18H14O4. The highest BCUT2D eigenvalue weighted by Crippen LogP contribution is 2.35. The summed E-state index contributed by atoms with van der Waals surface area (Å²) < 4.78 is 10.9. The molecular weight excluding hydrogens is 280 g/mol. The maximum absolute atomic E-state index is 12.1. The third-order valence-electron chi connectivity index (χ3n) is 3.29. The van der Waals surface area contributed by atoms with Gasteiger partial charge in [-0.25, -0.2) is 4.79 Å². The van der Waals surface area contributed by atoms with Crippen molar-refractivity contribution in [1.29, 1.82) is 0 Å². The summed E-state index contributed by atoms with van der Waals surface area (Å²) >= 11 is 0. The minimum Gasteiger partial charge on any atom is -0.452 e. The van der Waals surface area contributed by atoms with Gasteiger partial charge < -0.3 is 9.47 Å². The van der Waals surface area contributed by atoms with Crippen LogP contribution >= 0.6 is 0 Å². The number of hydrogen-bond donors (Lipinski definition) is 0. The third kappa shape index (κ3) is 2.51. The fourth-order valence-electron chi connectivity index (χ4n) is 2.19. The average molecular weight is 294 g/mol.